The quantitative estimate of drug-likeness (QED) is 0.857. The van der Waals surface area contributed by atoms with E-state index in [2.05, 4.69) is 9.80 Å². The number of piperazine rings is 1. The maximum atomic E-state index is 11.5. The lowest BCUT2D eigenvalue weighted by Crippen LogP contribution is -2.50. The molecule has 0 amide bonds. The van der Waals surface area contributed by atoms with E-state index in [1.165, 1.54) is 38.4 Å². The Labute approximate surface area is 134 Å². The summed E-state index contributed by atoms with van der Waals surface area (Å²) in [6, 6.07) is 8.11. The average molecular weight is 322 g/mol. The van der Waals surface area contributed by atoms with Gasteiger partial charge in [-0.1, -0.05) is 19.3 Å². The highest BCUT2D eigenvalue weighted by Gasteiger charge is 2.25. The first kappa shape index (κ1) is 15.8. The summed E-state index contributed by atoms with van der Waals surface area (Å²) in [5, 5.41) is 0. The largest absolute Gasteiger partial charge is 0.369 e. The summed E-state index contributed by atoms with van der Waals surface area (Å²) in [6.45, 7) is 4.32. The summed E-state index contributed by atoms with van der Waals surface area (Å²) in [4.78, 5) is 5.42. The fourth-order valence-electron chi connectivity index (χ4n) is 3.70. The Morgan fingerprint density at radius 1 is 0.909 bits per heavy atom. The summed E-state index contributed by atoms with van der Waals surface area (Å²) >= 11 is 0. The van der Waals surface area contributed by atoms with Crippen LogP contribution in [0.3, 0.4) is 0 Å². The van der Waals surface area contributed by atoms with Gasteiger partial charge in [0.05, 0.1) is 4.90 Å². The van der Waals surface area contributed by atoms with Crippen molar-refractivity contribution in [2.24, 2.45) is 0 Å². The third-order valence-corrected chi connectivity index (χ3v) is 6.16. The van der Waals surface area contributed by atoms with Crippen LogP contribution in [0.2, 0.25) is 0 Å². The van der Waals surface area contributed by atoms with Crippen molar-refractivity contribution in [3.63, 3.8) is 0 Å². The van der Waals surface area contributed by atoms with Gasteiger partial charge in [0, 0.05) is 44.2 Å². The van der Waals surface area contributed by atoms with Crippen molar-refractivity contribution in [1.29, 1.82) is 0 Å². The Morgan fingerprint density at radius 2 is 1.50 bits per heavy atom. The highest BCUT2D eigenvalue weighted by Crippen LogP contribution is 2.25. The van der Waals surface area contributed by atoms with Gasteiger partial charge in [-0.25, -0.2) is 8.42 Å². The highest BCUT2D eigenvalue weighted by atomic mass is 32.2. The number of hydrogen-bond donors (Lipinski definition) is 0. The Hall–Kier alpha value is -1.07. The molecule has 1 saturated heterocycles. The molecular weight excluding hydrogens is 296 g/mol. The maximum absolute atomic E-state index is 11.5. The smallest absolute Gasteiger partial charge is 0.175 e. The van der Waals surface area contributed by atoms with Gasteiger partial charge in [-0.3, -0.25) is 4.90 Å². The number of benzene rings is 1. The lowest BCUT2D eigenvalue weighted by atomic mass is 9.94. The Bertz CT molecular complexity index is 584. The molecule has 122 valence electrons. The molecule has 1 aromatic rings. The van der Waals surface area contributed by atoms with Crippen LogP contribution in [0.5, 0.6) is 0 Å². The second-order valence-electron chi connectivity index (χ2n) is 6.58. The topological polar surface area (TPSA) is 40.6 Å². The first-order valence-corrected chi connectivity index (χ1v) is 10.2. The monoisotopic (exact) mass is 322 g/mol. The zero-order chi connectivity index (χ0) is 15.6. The van der Waals surface area contributed by atoms with Crippen LogP contribution in [0.4, 0.5) is 5.69 Å². The van der Waals surface area contributed by atoms with Gasteiger partial charge in [0.1, 0.15) is 0 Å². The van der Waals surface area contributed by atoms with Crippen LogP contribution < -0.4 is 4.90 Å². The summed E-state index contributed by atoms with van der Waals surface area (Å²) in [5.74, 6) is 0. The number of hydrogen-bond acceptors (Lipinski definition) is 4. The number of sulfone groups is 1. The molecule has 0 bridgehead atoms. The van der Waals surface area contributed by atoms with E-state index in [-0.39, 0.29) is 0 Å². The third kappa shape index (κ3) is 3.63. The number of rotatable bonds is 3. The van der Waals surface area contributed by atoms with Crippen molar-refractivity contribution in [2.75, 3.05) is 37.3 Å². The van der Waals surface area contributed by atoms with Crippen LogP contribution in [0.15, 0.2) is 29.2 Å². The van der Waals surface area contributed by atoms with Crippen LogP contribution >= 0.6 is 0 Å². The fraction of sp³-hybridized carbons (Fsp3) is 0.647. The number of anilines is 1. The predicted molar refractivity (Wildman–Crippen MR) is 90.2 cm³/mol. The molecule has 0 aromatic heterocycles. The molecule has 0 spiro atoms. The van der Waals surface area contributed by atoms with Gasteiger partial charge in [0.25, 0.3) is 0 Å². The summed E-state index contributed by atoms with van der Waals surface area (Å²) in [5.41, 5.74) is 1.13. The van der Waals surface area contributed by atoms with E-state index in [4.69, 9.17) is 0 Å². The lowest BCUT2D eigenvalue weighted by molar-refractivity contribution is 0.148. The molecule has 5 heteroatoms. The molecule has 1 heterocycles. The third-order valence-electron chi connectivity index (χ3n) is 5.04. The fourth-order valence-corrected chi connectivity index (χ4v) is 4.33. The molecule has 4 nitrogen and oxygen atoms in total. The van der Waals surface area contributed by atoms with Gasteiger partial charge in [-0.05, 0) is 37.1 Å². The van der Waals surface area contributed by atoms with E-state index in [1.807, 2.05) is 12.1 Å². The zero-order valence-electron chi connectivity index (χ0n) is 13.4. The van der Waals surface area contributed by atoms with Crippen LogP contribution in [-0.2, 0) is 9.84 Å². The van der Waals surface area contributed by atoms with E-state index in [0.717, 1.165) is 37.9 Å². The number of nitrogens with zero attached hydrogens (tertiary/aromatic N) is 2. The molecule has 2 fully saturated rings. The Morgan fingerprint density at radius 3 is 2.05 bits per heavy atom. The van der Waals surface area contributed by atoms with Crippen LogP contribution in [-0.4, -0.2) is 51.8 Å². The molecule has 2 aliphatic rings. The van der Waals surface area contributed by atoms with E-state index in [9.17, 15) is 8.42 Å². The van der Waals surface area contributed by atoms with Crippen molar-refractivity contribution in [3.8, 4) is 0 Å². The van der Waals surface area contributed by atoms with Crippen molar-refractivity contribution in [3.05, 3.63) is 24.3 Å². The van der Waals surface area contributed by atoms with Crippen molar-refractivity contribution >= 4 is 15.5 Å². The molecule has 1 aliphatic heterocycles. The van der Waals surface area contributed by atoms with Gasteiger partial charge in [0.2, 0.25) is 0 Å². The molecule has 1 saturated carbocycles. The molecule has 1 aromatic carbocycles. The van der Waals surface area contributed by atoms with Crippen LogP contribution in [0.1, 0.15) is 32.1 Å². The first-order valence-electron chi connectivity index (χ1n) is 8.33. The predicted octanol–water partition coefficient (Wildman–Crippen LogP) is 2.54. The van der Waals surface area contributed by atoms with Gasteiger partial charge in [0.15, 0.2) is 9.84 Å². The van der Waals surface area contributed by atoms with Crippen LogP contribution in [0, 0.1) is 0 Å². The normalized spacial score (nSPS) is 22.0. The van der Waals surface area contributed by atoms with E-state index in [0.29, 0.717) is 4.90 Å². The summed E-state index contributed by atoms with van der Waals surface area (Å²) in [6.07, 6.45) is 8.16. The van der Waals surface area contributed by atoms with Crippen LogP contribution in [0.25, 0.3) is 0 Å². The van der Waals surface area contributed by atoms with Gasteiger partial charge < -0.3 is 4.90 Å². The van der Waals surface area contributed by atoms with Crippen molar-refractivity contribution in [2.45, 2.75) is 43.0 Å². The second-order valence-corrected chi connectivity index (χ2v) is 8.60. The minimum Gasteiger partial charge on any atom is -0.369 e. The Balaban J connectivity index is 1.59. The van der Waals surface area contributed by atoms with E-state index in [1.54, 1.807) is 12.1 Å². The van der Waals surface area contributed by atoms with E-state index >= 15 is 0 Å². The van der Waals surface area contributed by atoms with Crippen molar-refractivity contribution < 1.29 is 8.42 Å². The average Bonchev–Trinajstić information content (AvgIpc) is 2.55. The molecule has 1 aliphatic carbocycles. The first-order chi connectivity index (χ1) is 10.5. The van der Waals surface area contributed by atoms with E-state index < -0.39 is 9.84 Å². The summed E-state index contributed by atoms with van der Waals surface area (Å²) < 4.78 is 23.0. The van der Waals surface area contributed by atoms with Gasteiger partial charge in [-0.15, -0.1) is 0 Å². The van der Waals surface area contributed by atoms with Gasteiger partial charge in [-0.2, -0.15) is 0 Å². The lowest BCUT2D eigenvalue weighted by Gasteiger charge is -2.41. The van der Waals surface area contributed by atoms with Gasteiger partial charge >= 0.3 is 0 Å². The molecule has 3 rings (SSSR count). The zero-order valence-corrected chi connectivity index (χ0v) is 14.2. The maximum Gasteiger partial charge on any atom is 0.175 e. The minimum absolute atomic E-state index is 0.400. The molecule has 0 radical (unpaired) electrons. The Kier molecular flexibility index (Phi) is 4.73. The summed E-state index contributed by atoms with van der Waals surface area (Å²) in [7, 11) is -3.10. The minimum atomic E-state index is -3.10. The SMILES string of the molecule is CS(=O)(=O)c1ccc(N2CCN(C3CCCCC3)CC2)cc1. The molecule has 0 N–H and O–H groups in total. The molecule has 0 unspecified atom stereocenters. The standard InChI is InChI=1S/C17H26N2O2S/c1-22(20,21)17-9-7-16(8-10-17)19-13-11-18(12-14-19)15-5-3-2-4-6-15/h7-10,15H,2-6,11-14H2,1H3. The highest BCUT2D eigenvalue weighted by molar-refractivity contribution is 7.90. The molecule has 22 heavy (non-hydrogen) atoms. The molecule has 0 atom stereocenters. The second kappa shape index (κ2) is 6.59. The molecular formula is C17H26N2O2S. The van der Waals surface area contributed by atoms with Crippen molar-refractivity contribution in [1.82, 2.24) is 4.90 Å².